The quantitative estimate of drug-likeness (QED) is 0.745. The van der Waals surface area contributed by atoms with Gasteiger partial charge in [-0.1, -0.05) is 0 Å². The van der Waals surface area contributed by atoms with Gasteiger partial charge < -0.3 is 4.74 Å². The molecule has 0 N–H and O–H groups in total. The Balaban J connectivity index is 1.79. The number of rotatable bonds is 1. The minimum atomic E-state index is -0.532. The average Bonchev–Trinajstić information content (AvgIpc) is 3.11. The van der Waals surface area contributed by atoms with Crippen molar-refractivity contribution in [3.8, 4) is 6.07 Å². The minimum Gasteiger partial charge on any atom is -0.367 e. The van der Waals surface area contributed by atoms with E-state index < -0.39 is 23.0 Å². The third-order valence-corrected chi connectivity index (χ3v) is 6.10. The van der Waals surface area contributed by atoms with E-state index in [0.717, 1.165) is 12.8 Å². The molecular formula is C15H14N2O3S. The maximum Gasteiger partial charge on any atom is 0.241 e. The predicted octanol–water partition coefficient (Wildman–Crippen LogP) is 2.07. The molecule has 4 atom stereocenters. The van der Waals surface area contributed by atoms with Crippen molar-refractivity contribution >= 4 is 28.2 Å². The fourth-order valence-corrected chi connectivity index (χ4v) is 5.01. The number of carbonyl (C=O) groups is 2. The van der Waals surface area contributed by atoms with Crippen LogP contribution in [0.2, 0.25) is 0 Å². The number of anilines is 1. The highest BCUT2D eigenvalue weighted by molar-refractivity contribution is 7.17. The zero-order valence-corrected chi connectivity index (χ0v) is 12.6. The summed E-state index contributed by atoms with van der Waals surface area (Å²) < 4.78 is 6.05. The van der Waals surface area contributed by atoms with Crippen molar-refractivity contribution in [1.82, 2.24) is 0 Å². The van der Waals surface area contributed by atoms with E-state index in [1.165, 1.54) is 16.2 Å². The van der Waals surface area contributed by atoms with Gasteiger partial charge in [-0.25, -0.2) is 4.90 Å². The van der Waals surface area contributed by atoms with Gasteiger partial charge in [0.25, 0.3) is 0 Å². The largest absolute Gasteiger partial charge is 0.367 e. The Morgan fingerprint density at radius 3 is 2.29 bits per heavy atom. The van der Waals surface area contributed by atoms with Crippen LogP contribution in [0.5, 0.6) is 0 Å². The summed E-state index contributed by atoms with van der Waals surface area (Å²) in [6.45, 7) is 3.87. The van der Waals surface area contributed by atoms with Crippen LogP contribution >= 0.6 is 11.3 Å². The number of carbonyl (C=O) groups excluding carboxylic acids is 2. The van der Waals surface area contributed by atoms with Gasteiger partial charge >= 0.3 is 0 Å². The van der Waals surface area contributed by atoms with Crippen molar-refractivity contribution in [2.24, 2.45) is 11.8 Å². The standard InChI is InChI=1S/C15H14N2O3S/c1-14-5-6-15(2,20-14)11-10(14)12(18)17(13(11)19)9-4-3-8(7-16)21-9/h3-4,10-11H,5-6H2,1-2H3/t10-,11+,14?,15?. The molecule has 3 fully saturated rings. The third-order valence-electron chi connectivity index (χ3n) is 5.13. The van der Waals surface area contributed by atoms with Crippen LogP contribution in [0, 0.1) is 23.2 Å². The number of imide groups is 1. The molecule has 3 saturated heterocycles. The molecule has 1 aromatic rings. The van der Waals surface area contributed by atoms with Gasteiger partial charge in [-0.2, -0.15) is 5.26 Å². The summed E-state index contributed by atoms with van der Waals surface area (Å²) in [6, 6.07) is 5.36. The smallest absolute Gasteiger partial charge is 0.241 e. The number of hydrogen-bond donors (Lipinski definition) is 0. The molecule has 0 aromatic carbocycles. The van der Waals surface area contributed by atoms with Crippen molar-refractivity contribution in [3.63, 3.8) is 0 Å². The second-order valence-corrected chi connectivity index (χ2v) is 7.51. The van der Waals surface area contributed by atoms with E-state index in [1.807, 2.05) is 19.9 Å². The monoisotopic (exact) mass is 302 g/mol. The summed E-state index contributed by atoms with van der Waals surface area (Å²) >= 11 is 1.18. The Hall–Kier alpha value is -1.71. The second kappa shape index (κ2) is 3.73. The van der Waals surface area contributed by atoms with Crippen molar-refractivity contribution in [2.45, 2.75) is 37.9 Å². The molecule has 2 amide bonds. The highest BCUT2D eigenvalue weighted by atomic mass is 32.1. The molecule has 4 rings (SSSR count). The van der Waals surface area contributed by atoms with Gasteiger partial charge in [0.05, 0.1) is 23.0 Å². The molecule has 4 heterocycles. The molecule has 0 radical (unpaired) electrons. The zero-order chi connectivity index (χ0) is 15.0. The van der Waals surface area contributed by atoms with Gasteiger partial charge in [0.2, 0.25) is 11.8 Å². The van der Waals surface area contributed by atoms with Crippen molar-refractivity contribution in [2.75, 3.05) is 4.90 Å². The molecule has 5 nitrogen and oxygen atoms in total. The summed E-state index contributed by atoms with van der Waals surface area (Å²) in [5.41, 5.74) is -1.06. The molecule has 0 saturated carbocycles. The lowest BCUT2D eigenvalue weighted by molar-refractivity contribution is -0.129. The molecule has 108 valence electrons. The molecule has 6 heteroatoms. The third kappa shape index (κ3) is 1.43. The fraction of sp³-hybridized carbons (Fsp3) is 0.533. The highest BCUT2D eigenvalue weighted by Crippen LogP contribution is 2.61. The SMILES string of the molecule is CC12CCC(C)(O1)[C@H]1C(=O)N(c3ccc(C#N)s3)C(=O)[C@H]12. The lowest BCUT2D eigenvalue weighted by Crippen LogP contribution is -2.40. The Labute approximate surface area is 126 Å². The van der Waals surface area contributed by atoms with E-state index in [0.29, 0.717) is 9.88 Å². The summed E-state index contributed by atoms with van der Waals surface area (Å²) in [6.07, 6.45) is 1.62. The molecular weight excluding hydrogens is 288 g/mol. The topological polar surface area (TPSA) is 70.4 Å². The van der Waals surface area contributed by atoms with Crippen LogP contribution in [-0.2, 0) is 14.3 Å². The first-order valence-electron chi connectivity index (χ1n) is 6.97. The average molecular weight is 302 g/mol. The molecule has 3 aliphatic rings. The summed E-state index contributed by atoms with van der Waals surface area (Å²) in [4.78, 5) is 27.3. The lowest BCUT2D eigenvalue weighted by Gasteiger charge is -2.27. The van der Waals surface area contributed by atoms with Crippen molar-refractivity contribution in [1.29, 1.82) is 5.26 Å². The first kappa shape index (κ1) is 13.0. The Bertz CT molecular complexity index is 687. The summed E-state index contributed by atoms with van der Waals surface area (Å²) in [5, 5.41) is 9.46. The predicted molar refractivity (Wildman–Crippen MR) is 75.6 cm³/mol. The van der Waals surface area contributed by atoms with Crippen LogP contribution in [0.25, 0.3) is 0 Å². The van der Waals surface area contributed by atoms with Gasteiger partial charge in [0.1, 0.15) is 15.9 Å². The molecule has 1 aromatic heterocycles. The van der Waals surface area contributed by atoms with Gasteiger partial charge in [-0.3, -0.25) is 9.59 Å². The minimum absolute atomic E-state index is 0.178. The van der Waals surface area contributed by atoms with Gasteiger partial charge in [-0.05, 0) is 38.8 Å². The second-order valence-electron chi connectivity index (χ2n) is 6.44. The number of fused-ring (bicyclic) bond motifs is 5. The zero-order valence-electron chi connectivity index (χ0n) is 11.8. The lowest BCUT2D eigenvalue weighted by atomic mass is 9.69. The Morgan fingerprint density at radius 2 is 1.81 bits per heavy atom. The van der Waals surface area contributed by atoms with E-state index in [4.69, 9.17) is 10.00 Å². The number of ether oxygens (including phenoxy) is 1. The number of hydrogen-bond acceptors (Lipinski definition) is 5. The summed E-state index contributed by atoms with van der Waals surface area (Å²) in [5.74, 6) is -1.14. The highest BCUT2D eigenvalue weighted by Gasteiger charge is 2.72. The fourth-order valence-electron chi connectivity index (χ4n) is 4.19. The van der Waals surface area contributed by atoms with Gasteiger partial charge in [0.15, 0.2) is 0 Å². The van der Waals surface area contributed by atoms with E-state index in [9.17, 15) is 9.59 Å². The number of nitriles is 1. The van der Waals surface area contributed by atoms with Crippen LogP contribution in [0.3, 0.4) is 0 Å². The van der Waals surface area contributed by atoms with Crippen molar-refractivity contribution < 1.29 is 14.3 Å². The van der Waals surface area contributed by atoms with E-state index in [1.54, 1.807) is 12.1 Å². The number of nitrogens with zero attached hydrogens (tertiary/aromatic N) is 2. The normalized spacial score (nSPS) is 40.7. The molecule has 0 spiro atoms. The number of amides is 2. The van der Waals surface area contributed by atoms with Crippen LogP contribution in [0.15, 0.2) is 12.1 Å². The molecule has 3 aliphatic heterocycles. The summed E-state index contributed by atoms with van der Waals surface area (Å²) in [7, 11) is 0. The van der Waals surface area contributed by atoms with E-state index in [-0.39, 0.29) is 11.8 Å². The van der Waals surface area contributed by atoms with Crippen LogP contribution in [0.4, 0.5) is 5.00 Å². The maximum absolute atomic E-state index is 12.8. The van der Waals surface area contributed by atoms with Gasteiger partial charge in [-0.15, -0.1) is 11.3 Å². The van der Waals surface area contributed by atoms with Crippen LogP contribution < -0.4 is 4.90 Å². The van der Waals surface area contributed by atoms with Crippen LogP contribution in [0.1, 0.15) is 31.6 Å². The van der Waals surface area contributed by atoms with Crippen molar-refractivity contribution in [3.05, 3.63) is 17.0 Å². The van der Waals surface area contributed by atoms with Crippen LogP contribution in [-0.4, -0.2) is 23.0 Å². The molecule has 2 unspecified atom stereocenters. The molecule has 2 bridgehead atoms. The number of thiophene rings is 1. The Kier molecular flexibility index (Phi) is 2.31. The van der Waals surface area contributed by atoms with E-state index in [2.05, 4.69) is 0 Å². The van der Waals surface area contributed by atoms with Gasteiger partial charge in [0, 0.05) is 0 Å². The van der Waals surface area contributed by atoms with E-state index >= 15 is 0 Å². The molecule has 0 aliphatic carbocycles. The first-order chi connectivity index (χ1) is 9.89. The first-order valence-corrected chi connectivity index (χ1v) is 7.79. The molecule has 21 heavy (non-hydrogen) atoms. The Morgan fingerprint density at radius 1 is 1.24 bits per heavy atom. The maximum atomic E-state index is 12.8.